The van der Waals surface area contributed by atoms with E-state index in [2.05, 4.69) is 0 Å². The maximum absolute atomic E-state index is 10.9. The van der Waals surface area contributed by atoms with Crippen LogP contribution in [0.3, 0.4) is 0 Å². The van der Waals surface area contributed by atoms with Crippen molar-refractivity contribution in [3.8, 4) is 0 Å². The Morgan fingerprint density at radius 3 is 2.67 bits per heavy atom. The highest BCUT2D eigenvalue weighted by molar-refractivity contribution is 5.83. The van der Waals surface area contributed by atoms with Gasteiger partial charge in [-0.1, -0.05) is 6.92 Å². The number of hydrogen-bond acceptors (Lipinski definition) is 2. The molecule has 0 aromatic heterocycles. The summed E-state index contributed by atoms with van der Waals surface area (Å²) in [5.74, 6) is 0.595. The van der Waals surface area contributed by atoms with Crippen LogP contribution in [0.5, 0.6) is 0 Å². The summed E-state index contributed by atoms with van der Waals surface area (Å²) < 4.78 is 0. The molecule has 1 fully saturated rings. The van der Waals surface area contributed by atoms with E-state index >= 15 is 0 Å². The van der Waals surface area contributed by atoms with E-state index in [4.69, 9.17) is 5.11 Å². The maximum atomic E-state index is 10.9. The molecular weight excluding hydrogens is 116 g/mol. The quantitative estimate of drug-likeness (QED) is 0.561. The summed E-state index contributed by atoms with van der Waals surface area (Å²) in [6.07, 6.45) is 1.64. The van der Waals surface area contributed by atoms with E-state index in [9.17, 15) is 4.79 Å². The van der Waals surface area contributed by atoms with Gasteiger partial charge in [0.15, 0.2) is 0 Å². The lowest BCUT2D eigenvalue weighted by molar-refractivity contribution is -0.122. The standard InChI is InChI=1S/C7H12O2/c1-5-2-3-7(9)6(5)4-8/h5-6,8H,2-4H2,1H3/t5-,6+/m1/s1. The van der Waals surface area contributed by atoms with Crippen LogP contribution in [0, 0.1) is 11.8 Å². The molecule has 0 amide bonds. The fourth-order valence-electron chi connectivity index (χ4n) is 1.36. The second kappa shape index (κ2) is 2.48. The van der Waals surface area contributed by atoms with Gasteiger partial charge < -0.3 is 5.11 Å². The highest BCUT2D eigenvalue weighted by Gasteiger charge is 2.30. The molecule has 1 rings (SSSR count). The fraction of sp³-hybridized carbons (Fsp3) is 0.857. The van der Waals surface area contributed by atoms with Crippen LogP contribution in [0.4, 0.5) is 0 Å². The number of carbonyl (C=O) groups is 1. The molecule has 0 bridgehead atoms. The first kappa shape index (κ1) is 6.75. The molecule has 0 aromatic carbocycles. The first-order valence-corrected chi connectivity index (χ1v) is 3.39. The number of rotatable bonds is 1. The summed E-state index contributed by atoms with van der Waals surface area (Å²) in [5, 5.41) is 8.69. The molecule has 0 heterocycles. The van der Waals surface area contributed by atoms with Crippen molar-refractivity contribution in [2.24, 2.45) is 11.8 Å². The van der Waals surface area contributed by atoms with Crippen molar-refractivity contribution in [3.63, 3.8) is 0 Å². The smallest absolute Gasteiger partial charge is 0.138 e. The highest BCUT2D eigenvalue weighted by Crippen LogP contribution is 2.27. The lowest BCUT2D eigenvalue weighted by Gasteiger charge is -2.07. The van der Waals surface area contributed by atoms with Gasteiger partial charge in [-0.3, -0.25) is 4.79 Å². The zero-order valence-electron chi connectivity index (χ0n) is 5.63. The van der Waals surface area contributed by atoms with Crippen molar-refractivity contribution >= 4 is 5.78 Å². The third-order valence-electron chi connectivity index (χ3n) is 2.14. The normalized spacial score (nSPS) is 35.6. The molecule has 0 aromatic rings. The molecule has 1 N–H and O–H groups in total. The van der Waals surface area contributed by atoms with Crippen LogP contribution in [0.15, 0.2) is 0 Å². The van der Waals surface area contributed by atoms with Gasteiger partial charge in [-0.15, -0.1) is 0 Å². The number of ketones is 1. The summed E-state index contributed by atoms with van der Waals surface area (Å²) in [4.78, 5) is 10.9. The molecular formula is C7H12O2. The second-order valence-corrected chi connectivity index (χ2v) is 2.77. The third-order valence-corrected chi connectivity index (χ3v) is 2.14. The van der Waals surface area contributed by atoms with Crippen molar-refractivity contribution < 1.29 is 9.90 Å². The van der Waals surface area contributed by atoms with Crippen LogP contribution in [0.2, 0.25) is 0 Å². The van der Waals surface area contributed by atoms with Gasteiger partial charge in [0.1, 0.15) is 5.78 Å². The van der Waals surface area contributed by atoms with Crippen molar-refractivity contribution in [1.82, 2.24) is 0 Å². The highest BCUT2D eigenvalue weighted by atomic mass is 16.3. The van der Waals surface area contributed by atoms with Crippen molar-refractivity contribution in [1.29, 1.82) is 0 Å². The Bertz CT molecular complexity index is 120. The molecule has 0 saturated heterocycles. The van der Waals surface area contributed by atoms with Gasteiger partial charge >= 0.3 is 0 Å². The van der Waals surface area contributed by atoms with Crippen molar-refractivity contribution in [3.05, 3.63) is 0 Å². The SMILES string of the molecule is C[C@@H]1CCC(=O)[C@H]1CO. The number of Topliss-reactive ketones (excluding diaryl/α,β-unsaturated/α-hetero) is 1. The van der Waals surface area contributed by atoms with Gasteiger partial charge in [-0.25, -0.2) is 0 Å². The average molecular weight is 128 g/mol. The molecule has 2 heteroatoms. The van der Waals surface area contributed by atoms with E-state index in [1.807, 2.05) is 6.92 Å². The Kier molecular flexibility index (Phi) is 1.86. The predicted molar refractivity (Wildman–Crippen MR) is 34.0 cm³/mol. The van der Waals surface area contributed by atoms with Gasteiger partial charge in [-0.05, 0) is 12.3 Å². The summed E-state index contributed by atoms with van der Waals surface area (Å²) in [6.45, 7) is 2.06. The van der Waals surface area contributed by atoms with Gasteiger partial charge in [0, 0.05) is 12.3 Å². The van der Waals surface area contributed by atoms with Gasteiger partial charge in [0.2, 0.25) is 0 Å². The minimum absolute atomic E-state index is 0.0417. The number of hydrogen-bond donors (Lipinski definition) is 1. The largest absolute Gasteiger partial charge is 0.396 e. The van der Waals surface area contributed by atoms with Crippen LogP contribution in [0.1, 0.15) is 19.8 Å². The lowest BCUT2D eigenvalue weighted by Crippen LogP contribution is -2.16. The molecule has 52 valence electrons. The predicted octanol–water partition coefficient (Wildman–Crippen LogP) is 0.594. The van der Waals surface area contributed by atoms with E-state index in [1.54, 1.807) is 0 Å². The zero-order valence-corrected chi connectivity index (χ0v) is 5.63. The summed E-state index contributed by atoms with van der Waals surface area (Å²) >= 11 is 0. The number of carbonyl (C=O) groups excluding carboxylic acids is 1. The molecule has 0 spiro atoms. The molecule has 0 radical (unpaired) electrons. The molecule has 1 saturated carbocycles. The molecule has 1 aliphatic rings. The third kappa shape index (κ3) is 1.13. The van der Waals surface area contributed by atoms with Gasteiger partial charge in [-0.2, -0.15) is 0 Å². The van der Waals surface area contributed by atoms with E-state index in [0.29, 0.717) is 12.3 Å². The minimum atomic E-state index is -0.0509. The van der Waals surface area contributed by atoms with E-state index in [-0.39, 0.29) is 18.3 Å². The summed E-state index contributed by atoms with van der Waals surface area (Å²) in [7, 11) is 0. The lowest BCUT2D eigenvalue weighted by atomic mass is 9.99. The fourth-order valence-corrected chi connectivity index (χ4v) is 1.36. The van der Waals surface area contributed by atoms with Crippen molar-refractivity contribution in [2.45, 2.75) is 19.8 Å². The monoisotopic (exact) mass is 128 g/mol. The maximum Gasteiger partial charge on any atom is 0.138 e. The first-order valence-electron chi connectivity index (χ1n) is 3.39. The molecule has 2 atom stereocenters. The Labute approximate surface area is 54.9 Å². The molecule has 1 aliphatic carbocycles. The average Bonchev–Trinajstić information content (AvgIpc) is 2.12. The Hall–Kier alpha value is -0.370. The van der Waals surface area contributed by atoms with E-state index in [0.717, 1.165) is 6.42 Å². The van der Waals surface area contributed by atoms with Crippen LogP contribution < -0.4 is 0 Å². The Morgan fingerprint density at radius 2 is 2.44 bits per heavy atom. The van der Waals surface area contributed by atoms with Gasteiger partial charge in [0.25, 0.3) is 0 Å². The van der Waals surface area contributed by atoms with Crippen LogP contribution >= 0.6 is 0 Å². The van der Waals surface area contributed by atoms with Gasteiger partial charge in [0.05, 0.1) is 6.61 Å². The molecule has 0 unspecified atom stereocenters. The van der Waals surface area contributed by atoms with Crippen LogP contribution in [-0.2, 0) is 4.79 Å². The van der Waals surface area contributed by atoms with E-state index < -0.39 is 0 Å². The second-order valence-electron chi connectivity index (χ2n) is 2.77. The molecule has 9 heavy (non-hydrogen) atoms. The first-order chi connectivity index (χ1) is 4.25. The van der Waals surface area contributed by atoms with E-state index in [1.165, 1.54) is 0 Å². The molecule has 0 aliphatic heterocycles. The van der Waals surface area contributed by atoms with Crippen molar-refractivity contribution in [2.75, 3.05) is 6.61 Å². The zero-order chi connectivity index (χ0) is 6.85. The minimum Gasteiger partial charge on any atom is -0.396 e. The summed E-state index contributed by atoms with van der Waals surface area (Å²) in [5.41, 5.74) is 0. The topological polar surface area (TPSA) is 37.3 Å². The molecule has 2 nitrogen and oxygen atoms in total. The number of aliphatic hydroxyl groups excluding tert-OH is 1. The number of aliphatic hydroxyl groups is 1. The van der Waals surface area contributed by atoms with Crippen LogP contribution in [0.25, 0.3) is 0 Å². The Balaban J connectivity index is 2.55. The Morgan fingerprint density at radius 1 is 1.78 bits per heavy atom. The van der Waals surface area contributed by atoms with Crippen LogP contribution in [-0.4, -0.2) is 17.5 Å². The summed E-state index contributed by atoms with van der Waals surface area (Å²) in [6, 6.07) is 0.